The minimum absolute atomic E-state index is 0.0266. The van der Waals surface area contributed by atoms with Crippen molar-refractivity contribution in [1.82, 2.24) is 4.31 Å². The van der Waals surface area contributed by atoms with E-state index in [1.165, 1.54) is 27.4 Å². The molecule has 0 spiro atoms. The van der Waals surface area contributed by atoms with Crippen molar-refractivity contribution >= 4 is 44.8 Å². The molecule has 160 valence electrons. The van der Waals surface area contributed by atoms with Gasteiger partial charge in [-0.3, -0.25) is 14.5 Å². The number of hydrogen-bond acceptors (Lipinski definition) is 5. The van der Waals surface area contributed by atoms with E-state index in [0.29, 0.717) is 24.5 Å². The number of anilines is 2. The second-order valence-corrected chi connectivity index (χ2v) is 8.86. The van der Waals surface area contributed by atoms with Gasteiger partial charge in [0.25, 0.3) is 5.91 Å². The molecule has 0 fully saturated rings. The summed E-state index contributed by atoms with van der Waals surface area (Å²) in [5.41, 5.74) is 0.650. The predicted octanol–water partition coefficient (Wildman–Crippen LogP) is 2.73. The van der Waals surface area contributed by atoms with E-state index in [1.807, 2.05) is 0 Å². The van der Waals surface area contributed by atoms with E-state index in [1.54, 1.807) is 38.1 Å². The first-order valence-corrected chi connectivity index (χ1v) is 11.2. The van der Waals surface area contributed by atoms with Gasteiger partial charge in [-0.15, -0.1) is 0 Å². The maximum Gasteiger partial charge on any atom is 0.265 e. The number of fused-ring (bicyclic) bond motifs is 1. The zero-order valence-electron chi connectivity index (χ0n) is 16.6. The lowest BCUT2D eigenvalue weighted by atomic mass is 10.2. The number of amides is 2. The summed E-state index contributed by atoms with van der Waals surface area (Å²) in [6.07, 6.45) is 0. The molecular formula is C20H22ClN3O5S. The highest BCUT2D eigenvalue weighted by atomic mass is 35.5. The Morgan fingerprint density at radius 2 is 1.90 bits per heavy atom. The van der Waals surface area contributed by atoms with Gasteiger partial charge in [-0.05, 0) is 30.3 Å². The third-order valence-electron chi connectivity index (χ3n) is 4.67. The second-order valence-electron chi connectivity index (χ2n) is 6.52. The van der Waals surface area contributed by atoms with Gasteiger partial charge in [0.15, 0.2) is 6.61 Å². The fourth-order valence-electron chi connectivity index (χ4n) is 3.13. The van der Waals surface area contributed by atoms with Crippen LogP contribution in [0.2, 0.25) is 5.02 Å². The molecule has 1 N–H and O–H groups in total. The highest BCUT2D eigenvalue weighted by Crippen LogP contribution is 2.32. The molecule has 0 aromatic heterocycles. The Morgan fingerprint density at radius 1 is 1.20 bits per heavy atom. The topological polar surface area (TPSA) is 96.0 Å². The minimum Gasteiger partial charge on any atom is -0.482 e. The van der Waals surface area contributed by atoms with E-state index in [2.05, 4.69) is 5.32 Å². The molecule has 8 nitrogen and oxygen atoms in total. The molecule has 1 heterocycles. The van der Waals surface area contributed by atoms with E-state index >= 15 is 0 Å². The summed E-state index contributed by atoms with van der Waals surface area (Å²) in [6, 6.07) is 11.0. The molecule has 0 bridgehead atoms. The highest BCUT2D eigenvalue weighted by Gasteiger charge is 2.28. The van der Waals surface area contributed by atoms with E-state index in [-0.39, 0.29) is 34.7 Å². The number of ether oxygens (including phenoxy) is 1. The van der Waals surface area contributed by atoms with Crippen molar-refractivity contribution in [3.63, 3.8) is 0 Å². The summed E-state index contributed by atoms with van der Waals surface area (Å²) in [7, 11) is -3.71. The molecule has 3 rings (SSSR count). The summed E-state index contributed by atoms with van der Waals surface area (Å²) >= 11 is 6.17. The standard InChI is InChI=1S/C20H22ClN3O5S/c1-3-23(4-2)30(27,28)14-9-10-15(21)16(11-14)22-19(25)12-24-17-7-5-6-8-18(17)29-13-20(24)26/h5-11H,3-4,12-13H2,1-2H3,(H,22,25). The summed E-state index contributed by atoms with van der Waals surface area (Å²) in [6.45, 7) is 3.71. The van der Waals surface area contributed by atoms with Crippen LogP contribution in [0.4, 0.5) is 11.4 Å². The Hall–Kier alpha value is -2.62. The molecule has 0 aliphatic carbocycles. The third-order valence-corrected chi connectivity index (χ3v) is 7.04. The summed E-state index contributed by atoms with van der Waals surface area (Å²) in [5.74, 6) is -0.359. The molecule has 0 radical (unpaired) electrons. The Morgan fingerprint density at radius 3 is 2.60 bits per heavy atom. The Kier molecular flexibility index (Phi) is 6.64. The van der Waals surface area contributed by atoms with Crippen LogP contribution in [0.5, 0.6) is 5.75 Å². The van der Waals surface area contributed by atoms with Crippen molar-refractivity contribution < 1.29 is 22.7 Å². The van der Waals surface area contributed by atoms with Gasteiger partial charge in [0.2, 0.25) is 15.9 Å². The molecule has 30 heavy (non-hydrogen) atoms. The van der Waals surface area contributed by atoms with Crippen LogP contribution in [0.1, 0.15) is 13.8 Å². The number of hydrogen-bond donors (Lipinski definition) is 1. The Balaban J connectivity index is 1.82. The first-order chi connectivity index (χ1) is 14.3. The van der Waals surface area contributed by atoms with E-state index < -0.39 is 15.9 Å². The van der Waals surface area contributed by atoms with Crippen LogP contribution < -0.4 is 15.0 Å². The number of rotatable bonds is 7. The molecular weight excluding hydrogens is 430 g/mol. The molecule has 1 aliphatic heterocycles. The summed E-state index contributed by atoms with van der Waals surface area (Å²) < 4.78 is 32.2. The van der Waals surface area contributed by atoms with Gasteiger partial charge in [-0.25, -0.2) is 8.42 Å². The van der Waals surface area contributed by atoms with Crippen molar-refractivity contribution in [3.05, 3.63) is 47.5 Å². The van der Waals surface area contributed by atoms with Gasteiger partial charge in [0.1, 0.15) is 12.3 Å². The number of halogens is 1. The largest absolute Gasteiger partial charge is 0.482 e. The number of nitrogens with zero attached hydrogens (tertiary/aromatic N) is 2. The Labute approximate surface area is 180 Å². The number of sulfonamides is 1. The van der Waals surface area contributed by atoms with Gasteiger partial charge in [-0.1, -0.05) is 37.6 Å². The average molecular weight is 452 g/mol. The van der Waals surface area contributed by atoms with E-state index in [4.69, 9.17) is 16.3 Å². The van der Waals surface area contributed by atoms with Crippen LogP contribution in [0.3, 0.4) is 0 Å². The predicted molar refractivity (Wildman–Crippen MR) is 114 cm³/mol. The SMILES string of the molecule is CCN(CC)S(=O)(=O)c1ccc(Cl)c(NC(=O)CN2C(=O)COc3ccccc32)c1. The number of carbonyl (C=O) groups excluding carboxylic acids is 2. The zero-order chi connectivity index (χ0) is 21.9. The molecule has 0 saturated heterocycles. The zero-order valence-corrected chi connectivity index (χ0v) is 18.2. The van der Waals surface area contributed by atoms with Crippen LogP contribution >= 0.6 is 11.6 Å². The lowest BCUT2D eigenvalue weighted by molar-refractivity contribution is -0.123. The molecule has 0 unspecified atom stereocenters. The van der Waals surface area contributed by atoms with Crippen molar-refractivity contribution in [2.24, 2.45) is 0 Å². The lowest BCUT2D eigenvalue weighted by Crippen LogP contribution is -2.43. The van der Waals surface area contributed by atoms with Gasteiger partial charge in [-0.2, -0.15) is 4.31 Å². The fourth-order valence-corrected chi connectivity index (χ4v) is 4.78. The third kappa shape index (κ3) is 4.43. The molecule has 2 aromatic rings. The molecule has 2 aromatic carbocycles. The highest BCUT2D eigenvalue weighted by molar-refractivity contribution is 7.89. The quantitative estimate of drug-likeness (QED) is 0.698. The molecule has 0 saturated carbocycles. The van der Waals surface area contributed by atoms with Crippen molar-refractivity contribution in [3.8, 4) is 5.75 Å². The van der Waals surface area contributed by atoms with Crippen LogP contribution in [0, 0.1) is 0 Å². The summed E-state index contributed by atoms with van der Waals surface area (Å²) in [5, 5.41) is 2.80. The molecule has 10 heteroatoms. The first-order valence-electron chi connectivity index (χ1n) is 9.39. The first kappa shape index (κ1) is 22.1. The van der Waals surface area contributed by atoms with Gasteiger partial charge < -0.3 is 10.1 Å². The van der Waals surface area contributed by atoms with Crippen LogP contribution in [0.15, 0.2) is 47.4 Å². The second kappa shape index (κ2) is 9.03. The van der Waals surface area contributed by atoms with Gasteiger partial charge >= 0.3 is 0 Å². The number of benzene rings is 2. The van der Waals surface area contributed by atoms with Crippen LogP contribution in [-0.2, 0) is 19.6 Å². The molecule has 1 aliphatic rings. The number of para-hydroxylation sites is 2. The smallest absolute Gasteiger partial charge is 0.265 e. The molecule has 2 amide bonds. The van der Waals surface area contributed by atoms with Crippen molar-refractivity contribution in [1.29, 1.82) is 0 Å². The van der Waals surface area contributed by atoms with Crippen molar-refractivity contribution in [2.45, 2.75) is 18.7 Å². The number of nitrogens with one attached hydrogen (secondary N) is 1. The fraction of sp³-hybridized carbons (Fsp3) is 0.300. The minimum atomic E-state index is -3.71. The van der Waals surface area contributed by atoms with Crippen LogP contribution in [0.25, 0.3) is 0 Å². The lowest BCUT2D eigenvalue weighted by Gasteiger charge is -2.28. The normalized spacial score (nSPS) is 13.7. The number of carbonyl (C=O) groups is 2. The monoisotopic (exact) mass is 451 g/mol. The maximum atomic E-state index is 12.7. The van der Waals surface area contributed by atoms with E-state index in [9.17, 15) is 18.0 Å². The van der Waals surface area contributed by atoms with Crippen molar-refractivity contribution in [2.75, 3.05) is 36.5 Å². The van der Waals surface area contributed by atoms with Gasteiger partial charge in [0, 0.05) is 13.1 Å². The maximum absolute atomic E-state index is 12.7. The van der Waals surface area contributed by atoms with Gasteiger partial charge in [0.05, 0.1) is 21.3 Å². The summed E-state index contributed by atoms with van der Waals surface area (Å²) in [4.78, 5) is 26.2. The molecule has 0 atom stereocenters. The average Bonchev–Trinajstić information content (AvgIpc) is 2.72. The Bertz CT molecular complexity index is 1070. The van der Waals surface area contributed by atoms with E-state index in [0.717, 1.165) is 0 Å². The van der Waals surface area contributed by atoms with Crippen LogP contribution in [-0.4, -0.2) is 50.8 Å².